The van der Waals surface area contributed by atoms with Crippen LogP contribution in [0, 0.1) is 6.92 Å². The molecule has 2 aromatic heterocycles. The molecule has 0 radical (unpaired) electrons. The van der Waals surface area contributed by atoms with Gasteiger partial charge in [0.15, 0.2) is 5.82 Å². The van der Waals surface area contributed by atoms with Gasteiger partial charge >= 0.3 is 0 Å². The van der Waals surface area contributed by atoms with Crippen LogP contribution in [0.15, 0.2) is 59.4 Å². The smallest absolute Gasteiger partial charge is 0.258 e. The number of benzene rings is 2. The van der Waals surface area contributed by atoms with Gasteiger partial charge < -0.3 is 4.98 Å². The van der Waals surface area contributed by atoms with Crippen LogP contribution >= 0.6 is 11.6 Å². The van der Waals surface area contributed by atoms with Gasteiger partial charge in [0.05, 0.1) is 23.1 Å². The summed E-state index contributed by atoms with van der Waals surface area (Å²) in [4.78, 5) is 31.0. The molecule has 7 heteroatoms. The first-order valence-corrected chi connectivity index (χ1v) is 9.63. The third kappa shape index (κ3) is 4.50. The molecule has 0 amide bonds. The van der Waals surface area contributed by atoms with E-state index in [-0.39, 0.29) is 5.56 Å². The van der Waals surface area contributed by atoms with E-state index >= 15 is 0 Å². The highest BCUT2D eigenvalue weighted by Crippen LogP contribution is 2.19. The van der Waals surface area contributed by atoms with Crippen LogP contribution in [0.2, 0.25) is 5.02 Å². The third-order valence-corrected chi connectivity index (χ3v) is 4.78. The fourth-order valence-electron chi connectivity index (χ4n) is 3.24. The minimum atomic E-state index is -0.123. The first-order valence-electron chi connectivity index (χ1n) is 9.25. The first-order chi connectivity index (χ1) is 14.0. The van der Waals surface area contributed by atoms with Gasteiger partial charge in [0.1, 0.15) is 5.82 Å². The Bertz CT molecular complexity index is 1220. The molecule has 0 bridgehead atoms. The highest BCUT2D eigenvalue weighted by molar-refractivity contribution is 6.30. The van der Waals surface area contributed by atoms with Gasteiger partial charge in [0.25, 0.3) is 5.56 Å². The second-order valence-corrected chi connectivity index (χ2v) is 7.47. The summed E-state index contributed by atoms with van der Waals surface area (Å²) >= 11 is 5.98. The monoisotopic (exact) mass is 405 g/mol. The number of rotatable bonds is 5. The van der Waals surface area contributed by atoms with Crippen molar-refractivity contribution in [2.75, 3.05) is 7.05 Å². The van der Waals surface area contributed by atoms with E-state index in [4.69, 9.17) is 16.6 Å². The first kappa shape index (κ1) is 19.2. The molecular formula is C22H20ClN5O. The zero-order chi connectivity index (χ0) is 20.4. The summed E-state index contributed by atoms with van der Waals surface area (Å²) in [6.45, 7) is 3.05. The lowest BCUT2D eigenvalue weighted by Gasteiger charge is -2.16. The molecule has 2 aromatic carbocycles. The summed E-state index contributed by atoms with van der Waals surface area (Å²) in [5, 5.41) is 1.27. The molecule has 29 heavy (non-hydrogen) atoms. The number of aromatic amines is 1. The van der Waals surface area contributed by atoms with Crippen LogP contribution in [0.3, 0.4) is 0 Å². The molecule has 0 fully saturated rings. The molecule has 1 N–H and O–H groups in total. The van der Waals surface area contributed by atoms with Crippen molar-refractivity contribution in [3.63, 3.8) is 0 Å². The van der Waals surface area contributed by atoms with Gasteiger partial charge in [-0.25, -0.2) is 15.0 Å². The van der Waals surface area contributed by atoms with Crippen molar-refractivity contribution in [1.82, 2.24) is 24.8 Å². The Balaban J connectivity index is 1.55. The molecule has 0 saturated heterocycles. The fraction of sp³-hybridized carbons (Fsp3) is 0.182. The zero-order valence-corrected chi connectivity index (χ0v) is 16.9. The van der Waals surface area contributed by atoms with Crippen molar-refractivity contribution in [2.24, 2.45) is 0 Å². The number of aromatic nitrogens is 4. The Morgan fingerprint density at radius 2 is 1.76 bits per heavy atom. The highest BCUT2D eigenvalue weighted by atomic mass is 35.5. The van der Waals surface area contributed by atoms with Crippen molar-refractivity contribution in [1.29, 1.82) is 0 Å². The number of H-pyrrole nitrogens is 1. The number of nitrogens with zero attached hydrogens (tertiary/aromatic N) is 4. The lowest BCUT2D eigenvalue weighted by molar-refractivity contribution is 0.307. The lowest BCUT2D eigenvalue weighted by Crippen LogP contribution is -2.22. The minimum absolute atomic E-state index is 0.123. The second-order valence-electron chi connectivity index (χ2n) is 7.03. The van der Waals surface area contributed by atoms with E-state index in [1.807, 2.05) is 62.5 Å². The molecule has 0 atom stereocenters. The van der Waals surface area contributed by atoms with Gasteiger partial charge in [0, 0.05) is 22.8 Å². The largest absolute Gasteiger partial charge is 0.309 e. The Morgan fingerprint density at radius 3 is 2.55 bits per heavy atom. The molecule has 0 aliphatic heterocycles. The Hall–Kier alpha value is -3.09. The topological polar surface area (TPSA) is 74.8 Å². The maximum absolute atomic E-state index is 12.3. The average Bonchev–Trinajstić information content (AvgIpc) is 2.68. The van der Waals surface area contributed by atoms with E-state index in [1.165, 1.54) is 0 Å². The molecule has 146 valence electrons. The summed E-state index contributed by atoms with van der Waals surface area (Å²) in [5.41, 5.74) is 3.28. The van der Waals surface area contributed by atoms with Crippen LogP contribution in [0.1, 0.15) is 17.2 Å². The second kappa shape index (κ2) is 8.11. The number of aryl methyl sites for hydroxylation is 1. The summed E-state index contributed by atoms with van der Waals surface area (Å²) in [6, 6.07) is 16.8. The molecule has 0 unspecified atom stereocenters. The van der Waals surface area contributed by atoms with Crippen LogP contribution in [-0.4, -0.2) is 31.9 Å². The van der Waals surface area contributed by atoms with Crippen molar-refractivity contribution < 1.29 is 0 Å². The van der Waals surface area contributed by atoms with E-state index in [0.717, 1.165) is 17.0 Å². The van der Waals surface area contributed by atoms with Crippen LogP contribution in [0.25, 0.3) is 22.3 Å². The molecule has 6 nitrogen and oxygen atoms in total. The molecular weight excluding hydrogens is 386 g/mol. The number of fused-ring (bicyclic) bond motifs is 1. The Kier molecular flexibility index (Phi) is 5.38. The van der Waals surface area contributed by atoms with Crippen LogP contribution in [0.5, 0.6) is 0 Å². The lowest BCUT2D eigenvalue weighted by atomic mass is 10.2. The van der Waals surface area contributed by atoms with Crippen LogP contribution in [0.4, 0.5) is 0 Å². The van der Waals surface area contributed by atoms with E-state index < -0.39 is 0 Å². The summed E-state index contributed by atoms with van der Waals surface area (Å²) in [5.74, 6) is 1.29. The Morgan fingerprint density at radius 1 is 1.00 bits per heavy atom. The SMILES string of the molecule is Cc1cc(CN(C)Cc2nc3ccccc3c(=O)[nH]2)nc(-c2ccc(Cl)cc2)n1. The normalized spacial score (nSPS) is 11.3. The van der Waals surface area contributed by atoms with Crippen LogP contribution in [-0.2, 0) is 13.1 Å². The van der Waals surface area contributed by atoms with Crippen LogP contribution < -0.4 is 5.56 Å². The predicted octanol–water partition coefficient (Wildman–Crippen LogP) is 3.97. The number of halogens is 1. The van der Waals surface area contributed by atoms with Crippen molar-refractivity contribution >= 4 is 22.5 Å². The van der Waals surface area contributed by atoms with Gasteiger partial charge in [-0.1, -0.05) is 23.7 Å². The van der Waals surface area contributed by atoms with Crippen molar-refractivity contribution in [3.8, 4) is 11.4 Å². The van der Waals surface area contributed by atoms with E-state index in [1.54, 1.807) is 6.07 Å². The van der Waals surface area contributed by atoms with Crippen molar-refractivity contribution in [2.45, 2.75) is 20.0 Å². The standard InChI is InChI=1S/C22H20ClN5O/c1-14-11-17(25-21(24-14)15-7-9-16(23)10-8-15)12-28(2)13-20-26-19-6-4-3-5-18(19)22(29)27-20/h3-11H,12-13H2,1-2H3,(H,26,27,29). The van der Waals surface area contributed by atoms with Gasteiger partial charge in [-0.15, -0.1) is 0 Å². The maximum atomic E-state index is 12.3. The Labute approximate surface area is 173 Å². The van der Waals surface area contributed by atoms with E-state index in [9.17, 15) is 4.79 Å². The zero-order valence-electron chi connectivity index (χ0n) is 16.2. The summed E-state index contributed by atoms with van der Waals surface area (Å²) in [6.07, 6.45) is 0. The molecule has 2 heterocycles. The summed E-state index contributed by atoms with van der Waals surface area (Å²) in [7, 11) is 1.97. The highest BCUT2D eigenvalue weighted by Gasteiger charge is 2.10. The minimum Gasteiger partial charge on any atom is -0.309 e. The third-order valence-electron chi connectivity index (χ3n) is 4.52. The number of hydrogen-bond donors (Lipinski definition) is 1. The molecule has 4 aromatic rings. The average molecular weight is 406 g/mol. The fourth-order valence-corrected chi connectivity index (χ4v) is 3.37. The van der Waals surface area contributed by atoms with Gasteiger partial charge in [-0.05, 0) is 56.4 Å². The van der Waals surface area contributed by atoms with E-state index in [0.29, 0.717) is 40.7 Å². The number of hydrogen-bond acceptors (Lipinski definition) is 5. The number of para-hydroxylation sites is 1. The maximum Gasteiger partial charge on any atom is 0.258 e. The molecule has 0 aliphatic carbocycles. The predicted molar refractivity (Wildman–Crippen MR) is 115 cm³/mol. The van der Waals surface area contributed by atoms with Gasteiger partial charge in [-0.3, -0.25) is 9.69 Å². The number of nitrogens with one attached hydrogen (secondary N) is 1. The quantitative estimate of drug-likeness (QED) is 0.543. The van der Waals surface area contributed by atoms with Gasteiger partial charge in [-0.2, -0.15) is 0 Å². The molecule has 0 aliphatic rings. The van der Waals surface area contributed by atoms with Gasteiger partial charge in [0.2, 0.25) is 0 Å². The van der Waals surface area contributed by atoms with E-state index in [2.05, 4.69) is 19.9 Å². The van der Waals surface area contributed by atoms with Crippen molar-refractivity contribution in [3.05, 3.63) is 87.2 Å². The molecule has 0 spiro atoms. The molecule has 4 rings (SSSR count). The summed E-state index contributed by atoms with van der Waals surface area (Å²) < 4.78 is 0. The molecule has 0 saturated carbocycles.